The summed E-state index contributed by atoms with van der Waals surface area (Å²) in [7, 11) is 1.65. The van der Waals surface area contributed by atoms with Crippen LogP contribution >= 0.6 is 0 Å². The van der Waals surface area contributed by atoms with Crippen molar-refractivity contribution in [3.63, 3.8) is 0 Å². The van der Waals surface area contributed by atoms with E-state index in [4.69, 9.17) is 9.47 Å². The summed E-state index contributed by atoms with van der Waals surface area (Å²) in [5.74, 6) is 2.00. The molecule has 0 atom stereocenters. The molecule has 1 aromatic carbocycles. The van der Waals surface area contributed by atoms with Crippen LogP contribution in [-0.2, 0) is 6.42 Å². The third kappa shape index (κ3) is 3.00. The first kappa shape index (κ1) is 12.4. The fraction of sp³-hybridized carbons (Fsp3) is 0.267. The molecule has 0 N–H and O–H groups in total. The zero-order valence-corrected chi connectivity index (χ0v) is 10.7. The number of nitrogens with zero attached hydrogens (tertiary/aromatic N) is 1. The van der Waals surface area contributed by atoms with Gasteiger partial charge in [0.05, 0.1) is 7.11 Å². The Morgan fingerprint density at radius 1 is 1.11 bits per heavy atom. The van der Waals surface area contributed by atoms with Crippen LogP contribution in [0.3, 0.4) is 0 Å². The average molecular weight is 243 g/mol. The van der Waals surface area contributed by atoms with E-state index in [1.165, 1.54) is 5.56 Å². The second kappa shape index (κ2) is 6.05. The Balaban J connectivity index is 2.22. The van der Waals surface area contributed by atoms with Gasteiger partial charge in [0, 0.05) is 12.3 Å². The van der Waals surface area contributed by atoms with Crippen LogP contribution in [0.5, 0.6) is 17.4 Å². The highest BCUT2D eigenvalue weighted by Crippen LogP contribution is 2.31. The van der Waals surface area contributed by atoms with Crippen LogP contribution in [0.2, 0.25) is 0 Å². The Morgan fingerprint density at radius 3 is 2.67 bits per heavy atom. The summed E-state index contributed by atoms with van der Waals surface area (Å²) < 4.78 is 11.0. The molecular formula is C15H17NO2. The molecule has 1 aromatic heterocycles. The van der Waals surface area contributed by atoms with Gasteiger partial charge in [-0.25, -0.2) is 4.98 Å². The molecule has 94 valence electrons. The van der Waals surface area contributed by atoms with Gasteiger partial charge < -0.3 is 9.47 Å². The summed E-state index contributed by atoms with van der Waals surface area (Å²) in [6.07, 6.45) is 3.86. The zero-order valence-electron chi connectivity index (χ0n) is 10.7. The van der Waals surface area contributed by atoms with Gasteiger partial charge in [0.25, 0.3) is 0 Å². The predicted molar refractivity (Wildman–Crippen MR) is 71.3 cm³/mol. The van der Waals surface area contributed by atoms with E-state index in [1.54, 1.807) is 13.3 Å². The third-order valence-corrected chi connectivity index (χ3v) is 2.62. The summed E-state index contributed by atoms with van der Waals surface area (Å²) in [6, 6.07) is 11.6. The van der Waals surface area contributed by atoms with Crippen LogP contribution in [0.4, 0.5) is 0 Å². The molecule has 0 spiro atoms. The number of hydrogen-bond donors (Lipinski definition) is 0. The Bertz CT molecular complexity index is 497. The molecule has 0 saturated carbocycles. The summed E-state index contributed by atoms with van der Waals surface area (Å²) in [5, 5.41) is 0. The van der Waals surface area contributed by atoms with E-state index in [2.05, 4.69) is 18.0 Å². The molecule has 3 heteroatoms. The zero-order chi connectivity index (χ0) is 12.8. The summed E-state index contributed by atoms with van der Waals surface area (Å²) >= 11 is 0. The van der Waals surface area contributed by atoms with E-state index in [0.717, 1.165) is 18.6 Å². The van der Waals surface area contributed by atoms with Crippen LogP contribution < -0.4 is 9.47 Å². The highest BCUT2D eigenvalue weighted by atomic mass is 16.5. The minimum Gasteiger partial charge on any atom is -0.493 e. The minimum absolute atomic E-state index is 0.569. The fourth-order valence-electron chi connectivity index (χ4n) is 1.76. The number of aryl methyl sites for hydroxylation is 1. The lowest BCUT2D eigenvalue weighted by Crippen LogP contribution is -1.93. The number of aromatic nitrogens is 1. The van der Waals surface area contributed by atoms with Gasteiger partial charge >= 0.3 is 0 Å². The highest BCUT2D eigenvalue weighted by molar-refractivity contribution is 5.44. The summed E-state index contributed by atoms with van der Waals surface area (Å²) in [5.41, 5.74) is 1.25. The van der Waals surface area contributed by atoms with E-state index in [1.807, 2.05) is 30.3 Å². The second-order valence-electron chi connectivity index (χ2n) is 4.01. The molecule has 0 radical (unpaired) electrons. The maximum absolute atomic E-state index is 5.70. The van der Waals surface area contributed by atoms with Crippen LogP contribution in [0.1, 0.15) is 18.9 Å². The lowest BCUT2D eigenvalue weighted by Gasteiger charge is -2.10. The quantitative estimate of drug-likeness (QED) is 0.799. The number of hydrogen-bond acceptors (Lipinski definition) is 3. The molecular weight excluding hydrogens is 226 g/mol. The molecule has 0 amide bonds. The third-order valence-electron chi connectivity index (χ3n) is 2.62. The van der Waals surface area contributed by atoms with E-state index < -0.39 is 0 Å². The lowest BCUT2D eigenvalue weighted by molar-refractivity contribution is 0.373. The molecule has 18 heavy (non-hydrogen) atoms. The van der Waals surface area contributed by atoms with Gasteiger partial charge in [-0.05, 0) is 30.2 Å². The van der Waals surface area contributed by atoms with Crippen LogP contribution in [0, 0.1) is 0 Å². The highest BCUT2D eigenvalue weighted by Gasteiger charge is 2.07. The Labute approximate surface area is 107 Å². The van der Waals surface area contributed by atoms with Crippen molar-refractivity contribution in [1.29, 1.82) is 0 Å². The minimum atomic E-state index is 0.569. The molecule has 2 rings (SSSR count). The van der Waals surface area contributed by atoms with Crippen molar-refractivity contribution >= 4 is 0 Å². The first-order valence-electron chi connectivity index (χ1n) is 6.09. The van der Waals surface area contributed by atoms with Gasteiger partial charge in [-0.1, -0.05) is 25.5 Å². The van der Waals surface area contributed by atoms with Gasteiger partial charge in [0.2, 0.25) is 5.88 Å². The first-order valence-corrected chi connectivity index (χ1v) is 6.09. The van der Waals surface area contributed by atoms with Gasteiger partial charge in [0.15, 0.2) is 11.5 Å². The van der Waals surface area contributed by atoms with Gasteiger partial charge in [-0.2, -0.15) is 0 Å². The molecule has 0 fully saturated rings. The molecule has 0 unspecified atom stereocenters. The van der Waals surface area contributed by atoms with E-state index >= 15 is 0 Å². The van der Waals surface area contributed by atoms with Crippen molar-refractivity contribution in [2.45, 2.75) is 19.8 Å². The smallest absolute Gasteiger partial charge is 0.219 e. The molecule has 0 saturated heterocycles. The van der Waals surface area contributed by atoms with Crippen molar-refractivity contribution in [3.05, 3.63) is 48.2 Å². The van der Waals surface area contributed by atoms with Crippen molar-refractivity contribution in [2.75, 3.05) is 7.11 Å². The van der Waals surface area contributed by atoms with Gasteiger partial charge in [-0.3, -0.25) is 0 Å². The van der Waals surface area contributed by atoms with Crippen molar-refractivity contribution in [3.8, 4) is 17.4 Å². The monoisotopic (exact) mass is 243 g/mol. The van der Waals surface area contributed by atoms with E-state index in [0.29, 0.717) is 11.6 Å². The average Bonchev–Trinajstić information content (AvgIpc) is 2.42. The van der Waals surface area contributed by atoms with Crippen LogP contribution in [0.15, 0.2) is 42.6 Å². The normalized spacial score (nSPS) is 10.1. The molecule has 3 nitrogen and oxygen atoms in total. The number of ether oxygens (including phenoxy) is 2. The standard InChI is InChI=1S/C15H17NO2/c1-3-6-12-8-9-13(14(11-12)17-2)18-15-7-4-5-10-16-15/h4-5,7-11H,3,6H2,1-2H3. The molecule has 0 aliphatic carbocycles. The number of benzene rings is 1. The SMILES string of the molecule is CCCc1ccc(Oc2ccccn2)c(OC)c1. The molecule has 0 aliphatic heterocycles. The number of rotatable bonds is 5. The van der Waals surface area contributed by atoms with Gasteiger partial charge in [-0.15, -0.1) is 0 Å². The van der Waals surface area contributed by atoms with Crippen molar-refractivity contribution in [2.24, 2.45) is 0 Å². The molecule has 0 bridgehead atoms. The van der Waals surface area contributed by atoms with Crippen molar-refractivity contribution < 1.29 is 9.47 Å². The Morgan fingerprint density at radius 2 is 2.00 bits per heavy atom. The van der Waals surface area contributed by atoms with E-state index in [9.17, 15) is 0 Å². The summed E-state index contributed by atoms with van der Waals surface area (Å²) in [4.78, 5) is 4.13. The second-order valence-corrected chi connectivity index (χ2v) is 4.01. The van der Waals surface area contributed by atoms with Crippen LogP contribution in [0.25, 0.3) is 0 Å². The Hall–Kier alpha value is -2.03. The topological polar surface area (TPSA) is 31.4 Å². The van der Waals surface area contributed by atoms with Crippen LogP contribution in [-0.4, -0.2) is 12.1 Å². The Kier molecular flexibility index (Phi) is 4.18. The summed E-state index contributed by atoms with van der Waals surface area (Å²) in [6.45, 7) is 2.16. The van der Waals surface area contributed by atoms with Crippen molar-refractivity contribution in [1.82, 2.24) is 4.98 Å². The lowest BCUT2D eigenvalue weighted by atomic mass is 10.1. The largest absolute Gasteiger partial charge is 0.493 e. The van der Waals surface area contributed by atoms with E-state index in [-0.39, 0.29) is 0 Å². The number of pyridine rings is 1. The fourth-order valence-corrected chi connectivity index (χ4v) is 1.76. The molecule has 1 heterocycles. The molecule has 0 aliphatic rings. The van der Waals surface area contributed by atoms with Gasteiger partial charge in [0.1, 0.15) is 0 Å². The molecule has 2 aromatic rings. The first-order chi connectivity index (χ1) is 8.83. The maximum atomic E-state index is 5.70. The predicted octanol–water partition coefficient (Wildman–Crippen LogP) is 3.84. The number of methoxy groups -OCH3 is 1. The maximum Gasteiger partial charge on any atom is 0.219 e.